The van der Waals surface area contributed by atoms with Crippen LogP contribution in [-0.4, -0.2) is 41.9 Å². The quantitative estimate of drug-likeness (QED) is 0.481. The molecule has 20 heavy (non-hydrogen) atoms. The van der Waals surface area contributed by atoms with E-state index in [1.807, 2.05) is 0 Å². The van der Waals surface area contributed by atoms with Gasteiger partial charge in [-0.25, -0.2) is 4.79 Å². The summed E-state index contributed by atoms with van der Waals surface area (Å²) >= 11 is 5.79. The van der Waals surface area contributed by atoms with Crippen LogP contribution in [0.3, 0.4) is 0 Å². The van der Waals surface area contributed by atoms with Crippen molar-refractivity contribution in [3.63, 3.8) is 0 Å². The maximum Gasteiger partial charge on any atom is 0.340 e. The Morgan fingerprint density at radius 2 is 2.00 bits per heavy atom. The van der Waals surface area contributed by atoms with Gasteiger partial charge >= 0.3 is 5.97 Å². The van der Waals surface area contributed by atoms with E-state index in [1.165, 1.54) is 32.0 Å². The standard InChI is InChI=1S/C12H13ClN2O5/c1-7(11(16)14(2)3)20-12(17)9-5-4-8(15(18)19)6-10(9)13/h4-7H,1-3H3/t7-/m1/s1. The number of nitrogens with zero attached hydrogens (tertiary/aromatic N) is 2. The number of likely N-dealkylation sites (N-methyl/N-ethyl adjacent to an activating group) is 1. The molecule has 0 aliphatic carbocycles. The average Bonchev–Trinajstić information content (AvgIpc) is 2.36. The van der Waals surface area contributed by atoms with E-state index in [9.17, 15) is 19.7 Å². The van der Waals surface area contributed by atoms with Crippen molar-refractivity contribution in [1.82, 2.24) is 4.90 Å². The lowest BCUT2D eigenvalue weighted by molar-refractivity contribution is -0.384. The number of esters is 1. The highest BCUT2D eigenvalue weighted by atomic mass is 35.5. The molecule has 0 spiro atoms. The van der Waals surface area contributed by atoms with Crippen LogP contribution in [0.4, 0.5) is 5.69 Å². The van der Waals surface area contributed by atoms with Crippen LogP contribution in [0, 0.1) is 10.1 Å². The Morgan fingerprint density at radius 3 is 2.45 bits per heavy atom. The molecule has 0 saturated carbocycles. The Morgan fingerprint density at radius 1 is 1.40 bits per heavy atom. The predicted octanol–water partition coefficient (Wildman–Crippen LogP) is 1.88. The largest absolute Gasteiger partial charge is 0.449 e. The van der Waals surface area contributed by atoms with Crippen molar-refractivity contribution < 1.29 is 19.2 Å². The van der Waals surface area contributed by atoms with Crippen LogP contribution < -0.4 is 0 Å². The highest BCUT2D eigenvalue weighted by molar-refractivity contribution is 6.33. The first kappa shape index (κ1) is 15.9. The molecule has 0 radical (unpaired) electrons. The molecule has 1 aromatic rings. The van der Waals surface area contributed by atoms with Crippen molar-refractivity contribution >= 4 is 29.2 Å². The monoisotopic (exact) mass is 300 g/mol. The first-order valence-electron chi connectivity index (χ1n) is 5.60. The van der Waals surface area contributed by atoms with Crippen LogP contribution in [0.2, 0.25) is 5.02 Å². The minimum atomic E-state index is -0.969. The molecule has 7 nitrogen and oxygen atoms in total. The number of amides is 1. The molecule has 1 rings (SSSR count). The van der Waals surface area contributed by atoms with Gasteiger partial charge in [-0.15, -0.1) is 0 Å². The first-order valence-corrected chi connectivity index (χ1v) is 5.98. The molecule has 0 unspecified atom stereocenters. The molecule has 1 amide bonds. The van der Waals surface area contributed by atoms with E-state index in [1.54, 1.807) is 0 Å². The molecule has 8 heteroatoms. The third-order valence-electron chi connectivity index (χ3n) is 2.46. The second-order valence-corrected chi connectivity index (χ2v) is 4.61. The average molecular weight is 301 g/mol. The number of ether oxygens (including phenoxy) is 1. The Hall–Kier alpha value is -2.15. The smallest absolute Gasteiger partial charge is 0.340 e. The van der Waals surface area contributed by atoms with E-state index < -0.39 is 17.0 Å². The van der Waals surface area contributed by atoms with E-state index in [0.717, 1.165) is 12.1 Å². The molecule has 0 fully saturated rings. The highest BCUT2D eigenvalue weighted by Gasteiger charge is 2.22. The SMILES string of the molecule is C[C@@H](OC(=O)c1ccc([N+](=O)[O-])cc1Cl)C(=O)N(C)C. The summed E-state index contributed by atoms with van der Waals surface area (Å²) in [6.07, 6.45) is -0.969. The third kappa shape index (κ3) is 3.67. The molecule has 0 aliphatic heterocycles. The molecule has 0 N–H and O–H groups in total. The molecule has 0 aromatic heterocycles. The van der Waals surface area contributed by atoms with Crippen molar-refractivity contribution in [2.45, 2.75) is 13.0 Å². The van der Waals surface area contributed by atoms with Gasteiger partial charge in [0.25, 0.3) is 11.6 Å². The maximum absolute atomic E-state index is 11.8. The van der Waals surface area contributed by atoms with Crippen molar-refractivity contribution in [3.05, 3.63) is 38.9 Å². The van der Waals surface area contributed by atoms with E-state index >= 15 is 0 Å². The molecule has 0 aliphatic rings. The molecule has 0 heterocycles. The summed E-state index contributed by atoms with van der Waals surface area (Å²) in [5.41, 5.74) is -0.264. The second kappa shape index (κ2) is 6.33. The fourth-order valence-electron chi connectivity index (χ4n) is 1.42. The Labute approximate surface area is 120 Å². The Balaban J connectivity index is 2.88. The number of benzene rings is 1. The normalized spacial score (nSPS) is 11.6. The van der Waals surface area contributed by atoms with Gasteiger partial charge in [-0.3, -0.25) is 14.9 Å². The summed E-state index contributed by atoms with van der Waals surface area (Å²) in [4.78, 5) is 34.6. The lowest BCUT2D eigenvalue weighted by Crippen LogP contribution is -2.34. The summed E-state index contributed by atoms with van der Waals surface area (Å²) in [6, 6.07) is 3.38. The molecular formula is C12H13ClN2O5. The number of carbonyl (C=O) groups is 2. The fraction of sp³-hybridized carbons (Fsp3) is 0.333. The van der Waals surface area contributed by atoms with E-state index in [0.29, 0.717) is 0 Å². The van der Waals surface area contributed by atoms with E-state index in [-0.39, 0.29) is 22.2 Å². The number of hydrogen-bond acceptors (Lipinski definition) is 5. The summed E-state index contributed by atoms with van der Waals surface area (Å²) in [6.45, 7) is 1.43. The fourth-order valence-corrected chi connectivity index (χ4v) is 1.67. The van der Waals surface area contributed by atoms with Crippen molar-refractivity contribution in [1.29, 1.82) is 0 Å². The van der Waals surface area contributed by atoms with Crippen molar-refractivity contribution in [2.75, 3.05) is 14.1 Å². The van der Waals surface area contributed by atoms with Gasteiger partial charge in [-0.2, -0.15) is 0 Å². The number of carbonyl (C=O) groups excluding carboxylic acids is 2. The maximum atomic E-state index is 11.8. The van der Waals surface area contributed by atoms with Crippen LogP contribution in [0.25, 0.3) is 0 Å². The van der Waals surface area contributed by atoms with Gasteiger partial charge in [-0.1, -0.05) is 11.6 Å². The summed E-state index contributed by atoms with van der Waals surface area (Å²) in [5, 5.41) is 10.5. The number of non-ortho nitro benzene ring substituents is 1. The van der Waals surface area contributed by atoms with Gasteiger partial charge in [-0.05, 0) is 13.0 Å². The lowest BCUT2D eigenvalue weighted by atomic mass is 10.2. The summed E-state index contributed by atoms with van der Waals surface area (Å²) in [7, 11) is 3.07. The van der Waals surface area contributed by atoms with Crippen LogP contribution in [-0.2, 0) is 9.53 Å². The molecule has 108 valence electrons. The van der Waals surface area contributed by atoms with Crippen molar-refractivity contribution in [3.8, 4) is 0 Å². The van der Waals surface area contributed by atoms with Gasteiger partial charge < -0.3 is 9.64 Å². The van der Waals surface area contributed by atoms with E-state index in [2.05, 4.69) is 0 Å². The number of nitro groups is 1. The van der Waals surface area contributed by atoms with E-state index in [4.69, 9.17) is 16.3 Å². The van der Waals surface area contributed by atoms with Gasteiger partial charge in [0.2, 0.25) is 0 Å². The minimum Gasteiger partial charge on any atom is -0.449 e. The zero-order chi connectivity index (χ0) is 15.4. The third-order valence-corrected chi connectivity index (χ3v) is 2.77. The number of rotatable bonds is 4. The van der Waals surface area contributed by atoms with Gasteiger partial charge in [0.1, 0.15) is 0 Å². The molecule has 0 saturated heterocycles. The van der Waals surface area contributed by atoms with Crippen LogP contribution in [0.5, 0.6) is 0 Å². The second-order valence-electron chi connectivity index (χ2n) is 4.20. The number of nitro benzene ring substituents is 1. The zero-order valence-corrected chi connectivity index (χ0v) is 11.9. The van der Waals surface area contributed by atoms with Gasteiger partial charge in [0.05, 0.1) is 15.5 Å². The zero-order valence-electron chi connectivity index (χ0n) is 11.1. The van der Waals surface area contributed by atoms with Crippen LogP contribution >= 0.6 is 11.6 Å². The molecule has 1 aromatic carbocycles. The molecule has 0 bridgehead atoms. The highest BCUT2D eigenvalue weighted by Crippen LogP contribution is 2.23. The summed E-state index contributed by atoms with van der Waals surface area (Å²) < 4.78 is 4.96. The Bertz CT molecular complexity index is 559. The molecular weight excluding hydrogens is 288 g/mol. The van der Waals surface area contributed by atoms with Crippen LogP contribution in [0.15, 0.2) is 18.2 Å². The summed E-state index contributed by atoms with van der Waals surface area (Å²) in [5.74, 6) is -1.19. The number of halogens is 1. The molecule has 1 atom stereocenters. The van der Waals surface area contributed by atoms with Gasteiger partial charge in [0, 0.05) is 26.2 Å². The van der Waals surface area contributed by atoms with Crippen molar-refractivity contribution in [2.24, 2.45) is 0 Å². The lowest BCUT2D eigenvalue weighted by Gasteiger charge is -2.17. The minimum absolute atomic E-state index is 0.0318. The van der Waals surface area contributed by atoms with Gasteiger partial charge in [0.15, 0.2) is 6.10 Å². The Kier molecular flexibility index (Phi) is 5.04. The van der Waals surface area contributed by atoms with Crippen LogP contribution in [0.1, 0.15) is 17.3 Å². The first-order chi connectivity index (χ1) is 9.23. The number of hydrogen-bond donors (Lipinski definition) is 0. The topological polar surface area (TPSA) is 89.7 Å². The predicted molar refractivity (Wildman–Crippen MR) is 71.7 cm³/mol.